The topological polar surface area (TPSA) is 79.1 Å². The summed E-state index contributed by atoms with van der Waals surface area (Å²) >= 11 is 14.6. The van der Waals surface area contributed by atoms with Gasteiger partial charge in [-0.2, -0.15) is 0 Å². The molecule has 1 atom stereocenters. The Hall–Kier alpha value is -3.18. The van der Waals surface area contributed by atoms with E-state index in [0.717, 1.165) is 11.1 Å². The largest absolute Gasteiger partial charge is 0.491 e. The predicted octanol–water partition coefficient (Wildman–Crippen LogP) is 7.34. The van der Waals surface area contributed by atoms with Gasteiger partial charge in [-0.15, -0.1) is 0 Å². The number of rotatable bonds is 9. The lowest BCUT2D eigenvalue weighted by Crippen LogP contribution is -2.40. The lowest BCUT2D eigenvalue weighted by atomic mass is 9.95. The molecule has 0 aliphatic carbocycles. The van der Waals surface area contributed by atoms with E-state index in [1.54, 1.807) is 24.5 Å². The highest BCUT2D eigenvalue weighted by molar-refractivity contribution is 9.11. The third-order valence-corrected chi connectivity index (χ3v) is 9.08. The van der Waals surface area contributed by atoms with Crippen LogP contribution in [0.15, 0.2) is 90.7 Å². The molecule has 228 valence electrons. The number of thiazole rings is 1. The van der Waals surface area contributed by atoms with Crippen molar-refractivity contribution in [3.63, 3.8) is 0 Å². The van der Waals surface area contributed by atoms with E-state index in [1.807, 2.05) is 74.5 Å². The van der Waals surface area contributed by atoms with Crippen molar-refractivity contribution in [1.29, 1.82) is 0 Å². The normalized spacial score (nSPS) is 14.8. The Bertz CT molecular complexity index is 1930. The standard InChI is InChI=1S/C33H29Br2ClN2O5S/c1-5-41-32(40)28-19(4)37-33-38(29(28)23-11-6-7-12-26(23)43-18(2)3)31(39)27(44-33)16-21-14-24(34)30(25(35)15-21)42-17-20-9-8-10-22(36)13-20/h6-16,18,29H,5,17H2,1-4H3/b27-16-/t29-/m0/s1. The van der Waals surface area contributed by atoms with Crippen molar-refractivity contribution in [2.45, 2.75) is 46.4 Å². The molecule has 1 aromatic heterocycles. The SMILES string of the molecule is CCOC(=O)C1=C(C)N=c2s/c(=C\c3cc(Br)c(OCc4cccc(Cl)c4)c(Br)c3)c(=O)n2[C@H]1c1ccccc1OC(C)C. The quantitative estimate of drug-likeness (QED) is 0.167. The molecule has 1 aliphatic heterocycles. The first-order chi connectivity index (χ1) is 21.1. The Kier molecular flexibility index (Phi) is 10.1. The van der Waals surface area contributed by atoms with Crippen LogP contribution >= 0.6 is 54.8 Å². The average molecular weight is 761 g/mol. The summed E-state index contributed by atoms with van der Waals surface area (Å²) in [6, 6.07) is 17.9. The van der Waals surface area contributed by atoms with Gasteiger partial charge in [0.25, 0.3) is 5.56 Å². The van der Waals surface area contributed by atoms with Crippen molar-refractivity contribution in [2.75, 3.05) is 6.61 Å². The van der Waals surface area contributed by atoms with Gasteiger partial charge in [-0.05, 0) is 107 Å². The third-order valence-electron chi connectivity index (χ3n) is 6.68. The van der Waals surface area contributed by atoms with Gasteiger partial charge in [0.15, 0.2) is 4.80 Å². The van der Waals surface area contributed by atoms with Crippen LogP contribution in [0.4, 0.5) is 0 Å². The average Bonchev–Trinajstić information content (AvgIpc) is 3.26. The molecule has 7 nitrogen and oxygen atoms in total. The molecule has 0 fully saturated rings. The van der Waals surface area contributed by atoms with Crippen LogP contribution in [0.3, 0.4) is 0 Å². The molecule has 0 saturated heterocycles. The summed E-state index contributed by atoms with van der Waals surface area (Å²) in [6.45, 7) is 7.90. The fourth-order valence-electron chi connectivity index (χ4n) is 4.89. The molecule has 2 heterocycles. The van der Waals surface area contributed by atoms with Crippen molar-refractivity contribution in [3.05, 3.63) is 122 Å². The van der Waals surface area contributed by atoms with E-state index < -0.39 is 12.0 Å². The Morgan fingerprint density at radius 1 is 1.11 bits per heavy atom. The van der Waals surface area contributed by atoms with E-state index in [9.17, 15) is 9.59 Å². The van der Waals surface area contributed by atoms with Gasteiger partial charge in [-0.25, -0.2) is 9.79 Å². The van der Waals surface area contributed by atoms with Crippen LogP contribution in [0.5, 0.6) is 11.5 Å². The molecule has 0 saturated carbocycles. The van der Waals surface area contributed by atoms with Gasteiger partial charge in [0.05, 0.1) is 37.5 Å². The number of fused-ring (bicyclic) bond motifs is 1. The van der Waals surface area contributed by atoms with Crippen LogP contribution in [-0.4, -0.2) is 23.2 Å². The number of hydrogen-bond donors (Lipinski definition) is 0. The number of nitrogens with zero attached hydrogens (tertiary/aromatic N) is 2. The first-order valence-corrected chi connectivity index (χ1v) is 16.7. The third kappa shape index (κ3) is 6.88. The summed E-state index contributed by atoms with van der Waals surface area (Å²) in [6.07, 6.45) is 1.69. The second kappa shape index (κ2) is 13.9. The number of aromatic nitrogens is 1. The van der Waals surface area contributed by atoms with Crippen molar-refractivity contribution in [3.8, 4) is 11.5 Å². The molecule has 11 heteroatoms. The summed E-state index contributed by atoms with van der Waals surface area (Å²) in [5, 5.41) is 0.642. The summed E-state index contributed by atoms with van der Waals surface area (Å²) in [5.41, 5.74) is 2.91. The van der Waals surface area contributed by atoms with Gasteiger partial charge in [0.1, 0.15) is 24.1 Å². The Balaban J connectivity index is 1.59. The number of benzene rings is 3. The van der Waals surface area contributed by atoms with Crippen LogP contribution in [0.2, 0.25) is 5.02 Å². The fraction of sp³-hybridized carbons (Fsp3) is 0.242. The molecular formula is C33H29Br2ClN2O5S. The zero-order chi connectivity index (χ0) is 31.5. The highest BCUT2D eigenvalue weighted by Gasteiger charge is 2.35. The van der Waals surface area contributed by atoms with E-state index in [2.05, 4.69) is 36.9 Å². The van der Waals surface area contributed by atoms with Crippen LogP contribution in [0.1, 0.15) is 50.4 Å². The Labute approximate surface area is 280 Å². The molecule has 0 radical (unpaired) electrons. The molecule has 1 aliphatic rings. The minimum atomic E-state index is -0.775. The smallest absolute Gasteiger partial charge is 0.338 e. The number of halogens is 3. The van der Waals surface area contributed by atoms with E-state index in [-0.39, 0.29) is 18.3 Å². The van der Waals surface area contributed by atoms with Gasteiger partial charge in [0.2, 0.25) is 0 Å². The van der Waals surface area contributed by atoms with Gasteiger partial charge >= 0.3 is 5.97 Å². The highest BCUT2D eigenvalue weighted by Crippen LogP contribution is 2.37. The predicted molar refractivity (Wildman–Crippen MR) is 180 cm³/mol. The minimum absolute atomic E-state index is 0.113. The van der Waals surface area contributed by atoms with Crippen LogP contribution < -0.4 is 24.4 Å². The Morgan fingerprint density at radius 3 is 2.52 bits per heavy atom. The van der Waals surface area contributed by atoms with Crippen LogP contribution in [0.25, 0.3) is 6.08 Å². The van der Waals surface area contributed by atoms with Crippen molar-refractivity contribution in [2.24, 2.45) is 4.99 Å². The molecule has 3 aromatic carbocycles. The first kappa shape index (κ1) is 32.2. The van der Waals surface area contributed by atoms with Gasteiger partial charge in [0, 0.05) is 10.6 Å². The number of hydrogen-bond acceptors (Lipinski definition) is 7. The summed E-state index contributed by atoms with van der Waals surface area (Å²) < 4.78 is 21.1. The van der Waals surface area contributed by atoms with Gasteiger partial charge in [-0.1, -0.05) is 53.3 Å². The van der Waals surface area contributed by atoms with Crippen molar-refractivity contribution in [1.82, 2.24) is 4.57 Å². The fourth-order valence-corrected chi connectivity index (χ4v) is 7.60. The maximum absolute atomic E-state index is 14.1. The second-order valence-electron chi connectivity index (χ2n) is 10.2. The molecule has 44 heavy (non-hydrogen) atoms. The molecular weight excluding hydrogens is 732 g/mol. The van der Waals surface area contributed by atoms with E-state index >= 15 is 0 Å². The number of esters is 1. The zero-order valence-corrected chi connectivity index (χ0v) is 29.1. The number of carbonyl (C=O) groups is 1. The van der Waals surface area contributed by atoms with Crippen molar-refractivity contribution >= 4 is 66.8 Å². The molecule has 0 N–H and O–H groups in total. The summed E-state index contributed by atoms with van der Waals surface area (Å²) in [4.78, 5) is 32.5. The lowest BCUT2D eigenvalue weighted by molar-refractivity contribution is -0.139. The zero-order valence-electron chi connectivity index (χ0n) is 24.4. The van der Waals surface area contributed by atoms with Crippen LogP contribution in [-0.2, 0) is 16.1 Å². The van der Waals surface area contributed by atoms with E-state index in [1.165, 1.54) is 11.3 Å². The second-order valence-corrected chi connectivity index (χ2v) is 13.4. The van der Waals surface area contributed by atoms with E-state index in [4.69, 9.17) is 25.8 Å². The lowest BCUT2D eigenvalue weighted by Gasteiger charge is -2.26. The number of allylic oxidation sites excluding steroid dienone is 1. The number of ether oxygens (including phenoxy) is 3. The maximum atomic E-state index is 14.1. The summed E-state index contributed by atoms with van der Waals surface area (Å²) in [5.74, 6) is 0.688. The Morgan fingerprint density at radius 2 is 1.84 bits per heavy atom. The minimum Gasteiger partial charge on any atom is -0.491 e. The molecule has 0 bridgehead atoms. The van der Waals surface area contributed by atoms with Gasteiger partial charge < -0.3 is 14.2 Å². The molecule has 0 amide bonds. The van der Waals surface area contributed by atoms with E-state index in [0.29, 0.717) is 58.2 Å². The number of carbonyl (C=O) groups excluding carboxylic acids is 1. The monoisotopic (exact) mass is 758 g/mol. The highest BCUT2D eigenvalue weighted by atomic mass is 79.9. The van der Waals surface area contributed by atoms with Crippen molar-refractivity contribution < 1.29 is 19.0 Å². The van der Waals surface area contributed by atoms with Crippen LogP contribution in [0, 0.1) is 0 Å². The molecule has 0 spiro atoms. The summed E-state index contributed by atoms with van der Waals surface area (Å²) in [7, 11) is 0. The first-order valence-electron chi connectivity index (χ1n) is 13.9. The molecule has 0 unspecified atom stereocenters. The molecule has 5 rings (SSSR count). The molecule has 4 aromatic rings. The maximum Gasteiger partial charge on any atom is 0.338 e. The number of para-hydroxylation sites is 1. The van der Waals surface area contributed by atoms with Gasteiger partial charge in [-0.3, -0.25) is 9.36 Å².